The van der Waals surface area contributed by atoms with Crippen LogP contribution in [0.15, 0.2) is 49.0 Å². The molecule has 0 radical (unpaired) electrons. The summed E-state index contributed by atoms with van der Waals surface area (Å²) in [6.07, 6.45) is 4.00. The molecular weight excluding hydrogens is 488 g/mol. The van der Waals surface area contributed by atoms with Gasteiger partial charge < -0.3 is 9.15 Å². The lowest BCUT2D eigenvalue weighted by Crippen LogP contribution is -2.26. The van der Waals surface area contributed by atoms with Gasteiger partial charge in [-0.15, -0.1) is 0 Å². The van der Waals surface area contributed by atoms with Crippen LogP contribution in [-0.4, -0.2) is 18.7 Å². The number of ether oxygens (including phenoxy) is 1. The highest BCUT2D eigenvalue weighted by Gasteiger charge is 2.28. The Hall–Kier alpha value is -1.60. The largest absolute Gasteiger partial charge is 0.481 e. The quantitative estimate of drug-likeness (QED) is 0.362. The summed E-state index contributed by atoms with van der Waals surface area (Å²) in [5.74, 6) is 0.777. The van der Waals surface area contributed by atoms with E-state index in [0.717, 1.165) is 15.4 Å². The van der Waals surface area contributed by atoms with Crippen LogP contribution < -0.4 is 10.2 Å². The fourth-order valence-electron chi connectivity index (χ4n) is 3.22. The second-order valence-electron chi connectivity index (χ2n) is 8.49. The molecule has 5 nitrogen and oxygen atoms in total. The Morgan fingerprint density at radius 2 is 1.86 bits per heavy atom. The standard InChI is InChI=1S/C21H26Br2N2O3/c1-20(2,3)13-21(4,5)14-9-16(22)19(17(23)10-14)28-12-18(26)25-24-11-15-7-6-8-27-15/h6-11H,12-13H2,1-5H3,(H,25,26)/b24-11+. The molecule has 1 aromatic heterocycles. The zero-order chi connectivity index (χ0) is 20.9. The number of carbonyl (C=O) groups is 1. The number of rotatable bonds is 7. The molecule has 0 aliphatic heterocycles. The lowest BCUT2D eigenvalue weighted by atomic mass is 9.72. The third-order valence-corrected chi connectivity index (χ3v) is 5.20. The Bertz CT molecular complexity index is 815. The molecule has 0 aliphatic carbocycles. The molecular formula is C21H26Br2N2O3. The van der Waals surface area contributed by atoms with Gasteiger partial charge in [-0.25, -0.2) is 5.43 Å². The van der Waals surface area contributed by atoms with Gasteiger partial charge in [-0.2, -0.15) is 5.10 Å². The predicted octanol–water partition coefficient (Wildman–Crippen LogP) is 6.05. The monoisotopic (exact) mass is 512 g/mol. The molecule has 2 aromatic rings. The van der Waals surface area contributed by atoms with Gasteiger partial charge in [0.05, 0.1) is 21.4 Å². The smallest absolute Gasteiger partial charge is 0.277 e. The van der Waals surface area contributed by atoms with E-state index in [1.165, 1.54) is 18.0 Å². The van der Waals surface area contributed by atoms with E-state index in [9.17, 15) is 4.79 Å². The van der Waals surface area contributed by atoms with Gasteiger partial charge in [0.25, 0.3) is 5.91 Å². The number of nitrogens with one attached hydrogen (secondary N) is 1. The van der Waals surface area contributed by atoms with Crippen molar-refractivity contribution in [2.45, 2.75) is 46.5 Å². The Labute approximate surface area is 183 Å². The first-order valence-electron chi connectivity index (χ1n) is 8.96. The van der Waals surface area contributed by atoms with E-state index in [2.05, 4.69) is 89.1 Å². The van der Waals surface area contributed by atoms with Crippen molar-refractivity contribution < 1.29 is 13.9 Å². The normalized spacial score (nSPS) is 12.4. The highest BCUT2D eigenvalue weighted by Crippen LogP contribution is 2.42. The van der Waals surface area contributed by atoms with E-state index in [-0.39, 0.29) is 23.3 Å². The third-order valence-electron chi connectivity index (χ3n) is 4.02. The first-order valence-corrected chi connectivity index (χ1v) is 10.5. The van der Waals surface area contributed by atoms with E-state index in [1.54, 1.807) is 12.1 Å². The van der Waals surface area contributed by atoms with Crippen LogP contribution in [0.2, 0.25) is 0 Å². The summed E-state index contributed by atoms with van der Waals surface area (Å²) in [5.41, 5.74) is 3.82. The molecule has 1 N–H and O–H groups in total. The summed E-state index contributed by atoms with van der Waals surface area (Å²) in [6, 6.07) is 7.59. The molecule has 28 heavy (non-hydrogen) atoms. The molecule has 0 fully saturated rings. The van der Waals surface area contributed by atoms with E-state index < -0.39 is 0 Å². The number of hydrogen-bond acceptors (Lipinski definition) is 4. The number of carbonyl (C=O) groups excluding carboxylic acids is 1. The summed E-state index contributed by atoms with van der Waals surface area (Å²) in [6.45, 7) is 11.0. The molecule has 0 atom stereocenters. The Kier molecular flexibility index (Phi) is 7.51. The Morgan fingerprint density at radius 1 is 1.21 bits per heavy atom. The number of hydrogen-bond donors (Lipinski definition) is 1. The minimum atomic E-state index is -0.362. The molecule has 2 rings (SSSR count). The van der Waals surface area contributed by atoms with Crippen LogP contribution in [0.1, 0.15) is 52.4 Å². The topological polar surface area (TPSA) is 63.8 Å². The maximum Gasteiger partial charge on any atom is 0.277 e. The second-order valence-corrected chi connectivity index (χ2v) is 10.2. The molecule has 0 saturated heterocycles. The lowest BCUT2D eigenvalue weighted by molar-refractivity contribution is -0.123. The van der Waals surface area contributed by atoms with Gasteiger partial charge in [-0.05, 0) is 78.9 Å². The first-order chi connectivity index (χ1) is 13.0. The second kappa shape index (κ2) is 9.27. The number of nitrogens with zero attached hydrogens (tertiary/aromatic N) is 1. The fourth-order valence-corrected chi connectivity index (χ4v) is 4.63. The van der Waals surface area contributed by atoms with E-state index in [0.29, 0.717) is 11.5 Å². The van der Waals surface area contributed by atoms with Gasteiger partial charge in [0.2, 0.25) is 0 Å². The molecule has 0 bridgehead atoms. The molecule has 0 unspecified atom stereocenters. The first kappa shape index (κ1) is 22.7. The van der Waals surface area contributed by atoms with Crippen LogP contribution in [0.4, 0.5) is 0 Å². The minimum Gasteiger partial charge on any atom is -0.481 e. The van der Waals surface area contributed by atoms with Crippen molar-refractivity contribution in [1.29, 1.82) is 0 Å². The van der Waals surface area contributed by atoms with Crippen molar-refractivity contribution in [2.75, 3.05) is 6.61 Å². The highest BCUT2D eigenvalue weighted by molar-refractivity contribution is 9.11. The van der Waals surface area contributed by atoms with Gasteiger partial charge in [0.1, 0.15) is 11.5 Å². The van der Waals surface area contributed by atoms with Crippen LogP contribution in [0.25, 0.3) is 0 Å². The van der Waals surface area contributed by atoms with Crippen molar-refractivity contribution in [3.8, 4) is 5.75 Å². The highest BCUT2D eigenvalue weighted by atomic mass is 79.9. The average molecular weight is 514 g/mol. The molecule has 1 heterocycles. The number of amides is 1. The zero-order valence-electron chi connectivity index (χ0n) is 16.8. The fraction of sp³-hybridized carbons (Fsp3) is 0.429. The number of furan rings is 1. The number of hydrazone groups is 1. The Balaban J connectivity index is 2.01. The van der Waals surface area contributed by atoms with Crippen molar-refractivity contribution in [1.82, 2.24) is 5.43 Å². The van der Waals surface area contributed by atoms with Gasteiger partial charge >= 0.3 is 0 Å². The minimum absolute atomic E-state index is 0.000237. The van der Waals surface area contributed by atoms with Gasteiger partial charge in [0.15, 0.2) is 6.61 Å². The predicted molar refractivity (Wildman–Crippen MR) is 119 cm³/mol. The SMILES string of the molecule is CC(C)(C)CC(C)(C)c1cc(Br)c(OCC(=O)N/N=C/c2ccco2)c(Br)c1. The Morgan fingerprint density at radius 3 is 2.39 bits per heavy atom. The number of halogens is 2. The third kappa shape index (κ3) is 6.78. The van der Waals surface area contributed by atoms with Crippen molar-refractivity contribution >= 4 is 44.0 Å². The summed E-state index contributed by atoms with van der Waals surface area (Å²) in [4.78, 5) is 11.9. The van der Waals surface area contributed by atoms with E-state index >= 15 is 0 Å². The molecule has 152 valence electrons. The van der Waals surface area contributed by atoms with E-state index in [1.807, 2.05) is 0 Å². The number of benzene rings is 1. The lowest BCUT2D eigenvalue weighted by Gasteiger charge is -2.33. The summed E-state index contributed by atoms with van der Waals surface area (Å²) >= 11 is 7.14. The summed E-state index contributed by atoms with van der Waals surface area (Å²) in [5, 5.41) is 3.83. The molecule has 1 aromatic carbocycles. The maximum atomic E-state index is 11.9. The van der Waals surface area contributed by atoms with Gasteiger partial charge in [-0.1, -0.05) is 34.6 Å². The van der Waals surface area contributed by atoms with Crippen LogP contribution in [0, 0.1) is 5.41 Å². The summed E-state index contributed by atoms with van der Waals surface area (Å²) in [7, 11) is 0. The molecule has 1 amide bonds. The molecule has 0 saturated carbocycles. The van der Waals surface area contributed by atoms with Gasteiger partial charge in [0, 0.05) is 0 Å². The van der Waals surface area contributed by atoms with Crippen LogP contribution in [-0.2, 0) is 10.2 Å². The summed E-state index contributed by atoms with van der Waals surface area (Å²) < 4.78 is 12.4. The average Bonchev–Trinajstić information content (AvgIpc) is 3.05. The molecule has 0 aliphatic rings. The van der Waals surface area contributed by atoms with Crippen LogP contribution >= 0.6 is 31.9 Å². The molecule has 0 spiro atoms. The van der Waals surface area contributed by atoms with Crippen molar-refractivity contribution in [3.05, 3.63) is 50.8 Å². The van der Waals surface area contributed by atoms with Crippen molar-refractivity contribution in [2.24, 2.45) is 10.5 Å². The zero-order valence-corrected chi connectivity index (χ0v) is 20.0. The van der Waals surface area contributed by atoms with Crippen LogP contribution in [0.3, 0.4) is 0 Å². The maximum absolute atomic E-state index is 11.9. The van der Waals surface area contributed by atoms with E-state index in [4.69, 9.17) is 9.15 Å². The molecule has 7 heteroatoms. The van der Waals surface area contributed by atoms with Crippen molar-refractivity contribution in [3.63, 3.8) is 0 Å². The van der Waals surface area contributed by atoms with Gasteiger partial charge in [-0.3, -0.25) is 4.79 Å². The van der Waals surface area contributed by atoms with Crippen LogP contribution in [0.5, 0.6) is 5.75 Å².